The van der Waals surface area contributed by atoms with E-state index in [0.29, 0.717) is 17.3 Å². The molecule has 3 aromatic heterocycles. The first-order valence-corrected chi connectivity index (χ1v) is 10.7. The Morgan fingerprint density at radius 2 is 2.04 bits per heavy atom. The van der Waals surface area contributed by atoms with E-state index in [1.807, 2.05) is 13.0 Å². The van der Waals surface area contributed by atoms with E-state index in [-0.39, 0.29) is 11.9 Å². The van der Waals surface area contributed by atoms with Gasteiger partial charge in [0.2, 0.25) is 0 Å². The SMILES string of the molecule is Cc1cc(-c2cc(C(=O)N3C4CCNCC3CC4)c3c(C)noc3n2)c(C)s1. The van der Waals surface area contributed by atoms with Gasteiger partial charge in [0.15, 0.2) is 0 Å². The average Bonchev–Trinajstić information content (AvgIpc) is 3.28. The van der Waals surface area contributed by atoms with E-state index in [4.69, 9.17) is 9.51 Å². The zero-order valence-electron chi connectivity index (χ0n) is 16.4. The van der Waals surface area contributed by atoms with Crippen molar-refractivity contribution in [2.75, 3.05) is 13.1 Å². The van der Waals surface area contributed by atoms with Gasteiger partial charge >= 0.3 is 0 Å². The molecule has 0 saturated carbocycles. The molecular formula is C21H24N4O2S. The number of carbonyl (C=O) groups is 1. The van der Waals surface area contributed by atoms with Gasteiger partial charge in [0.05, 0.1) is 22.3 Å². The van der Waals surface area contributed by atoms with Gasteiger partial charge in [-0.15, -0.1) is 11.3 Å². The Labute approximate surface area is 167 Å². The number of rotatable bonds is 2. The molecule has 0 aliphatic carbocycles. The second kappa shape index (κ2) is 6.67. The van der Waals surface area contributed by atoms with Crippen LogP contribution in [0.4, 0.5) is 0 Å². The molecular weight excluding hydrogens is 372 g/mol. The summed E-state index contributed by atoms with van der Waals surface area (Å²) < 4.78 is 5.49. The molecule has 0 aromatic carbocycles. The maximum Gasteiger partial charge on any atom is 0.259 e. The number of aryl methyl sites for hydroxylation is 3. The van der Waals surface area contributed by atoms with E-state index >= 15 is 0 Å². The molecule has 28 heavy (non-hydrogen) atoms. The topological polar surface area (TPSA) is 71.3 Å². The number of hydrogen-bond acceptors (Lipinski definition) is 6. The van der Waals surface area contributed by atoms with Gasteiger partial charge in [-0.05, 0) is 58.7 Å². The first-order chi connectivity index (χ1) is 13.5. The van der Waals surface area contributed by atoms with Gasteiger partial charge in [0, 0.05) is 33.9 Å². The van der Waals surface area contributed by atoms with Crippen molar-refractivity contribution < 1.29 is 9.32 Å². The van der Waals surface area contributed by atoms with E-state index in [2.05, 4.69) is 35.3 Å². The van der Waals surface area contributed by atoms with Crippen molar-refractivity contribution >= 4 is 28.3 Å². The predicted octanol–water partition coefficient (Wildman–Crippen LogP) is 3.84. The zero-order chi connectivity index (χ0) is 19.4. The Balaban J connectivity index is 1.66. The quantitative estimate of drug-likeness (QED) is 0.713. The van der Waals surface area contributed by atoms with Crippen molar-refractivity contribution in [2.24, 2.45) is 0 Å². The number of amides is 1. The minimum atomic E-state index is 0.0840. The van der Waals surface area contributed by atoms with Gasteiger partial charge in [-0.25, -0.2) is 4.98 Å². The maximum atomic E-state index is 13.8. The van der Waals surface area contributed by atoms with Crippen LogP contribution in [0.25, 0.3) is 22.4 Å². The molecule has 7 heteroatoms. The molecule has 0 spiro atoms. The van der Waals surface area contributed by atoms with Crippen LogP contribution in [0, 0.1) is 20.8 Å². The molecule has 5 heterocycles. The average molecular weight is 397 g/mol. The lowest BCUT2D eigenvalue weighted by Crippen LogP contribution is -2.42. The van der Waals surface area contributed by atoms with Crippen LogP contribution >= 0.6 is 11.3 Å². The third-order valence-electron chi connectivity index (χ3n) is 6.05. The second-order valence-electron chi connectivity index (χ2n) is 7.92. The standard InChI is InChI=1S/C21H24N4O2S/c1-11-8-16(13(3)28-11)18-9-17(19-12(2)24-27-20(19)23-18)21(26)25-14-4-5-15(25)10-22-7-6-14/h8-9,14-15,22H,4-7,10H2,1-3H3. The third kappa shape index (κ3) is 2.76. The fourth-order valence-electron chi connectivity index (χ4n) is 4.74. The normalized spacial score (nSPS) is 22.0. The Kier molecular flexibility index (Phi) is 4.25. The summed E-state index contributed by atoms with van der Waals surface area (Å²) >= 11 is 1.74. The lowest BCUT2D eigenvalue weighted by molar-refractivity contribution is 0.0682. The Morgan fingerprint density at radius 3 is 2.82 bits per heavy atom. The third-order valence-corrected chi connectivity index (χ3v) is 7.02. The van der Waals surface area contributed by atoms with Crippen LogP contribution in [0.1, 0.15) is 45.1 Å². The number of carbonyl (C=O) groups excluding carboxylic acids is 1. The van der Waals surface area contributed by atoms with Gasteiger partial charge < -0.3 is 14.7 Å². The highest BCUT2D eigenvalue weighted by atomic mass is 32.1. The fourth-order valence-corrected chi connectivity index (χ4v) is 5.67. The Morgan fingerprint density at radius 1 is 1.21 bits per heavy atom. The summed E-state index contributed by atoms with van der Waals surface area (Å²) in [7, 11) is 0. The van der Waals surface area contributed by atoms with E-state index in [9.17, 15) is 4.79 Å². The van der Waals surface area contributed by atoms with Crippen LogP contribution in [-0.2, 0) is 0 Å². The van der Waals surface area contributed by atoms with E-state index in [0.717, 1.165) is 54.7 Å². The molecule has 3 aromatic rings. The van der Waals surface area contributed by atoms with Crippen molar-refractivity contribution in [1.29, 1.82) is 0 Å². The summed E-state index contributed by atoms with van der Waals surface area (Å²) in [5.74, 6) is 0.0840. The first-order valence-electron chi connectivity index (χ1n) is 9.90. The van der Waals surface area contributed by atoms with Crippen LogP contribution in [-0.4, -0.2) is 46.1 Å². The fraction of sp³-hybridized carbons (Fsp3) is 0.476. The van der Waals surface area contributed by atoms with Crippen molar-refractivity contribution in [3.8, 4) is 11.3 Å². The first kappa shape index (κ1) is 17.8. The van der Waals surface area contributed by atoms with Gasteiger partial charge in [0.25, 0.3) is 11.6 Å². The molecule has 0 radical (unpaired) electrons. The predicted molar refractivity (Wildman–Crippen MR) is 110 cm³/mol. The molecule has 2 aliphatic heterocycles. The van der Waals surface area contributed by atoms with Crippen LogP contribution < -0.4 is 5.32 Å². The van der Waals surface area contributed by atoms with Crippen LogP contribution in [0.3, 0.4) is 0 Å². The van der Waals surface area contributed by atoms with E-state index in [1.54, 1.807) is 11.3 Å². The van der Waals surface area contributed by atoms with Gasteiger partial charge in [-0.1, -0.05) is 5.16 Å². The Hall–Kier alpha value is -2.25. The maximum absolute atomic E-state index is 13.8. The molecule has 1 N–H and O–H groups in total. The van der Waals surface area contributed by atoms with Crippen LogP contribution in [0.5, 0.6) is 0 Å². The molecule has 2 bridgehead atoms. The number of hydrogen-bond donors (Lipinski definition) is 1. The van der Waals surface area contributed by atoms with Crippen molar-refractivity contribution in [1.82, 2.24) is 20.4 Å². The Bertz CT molecular complexity index is 1060. The van der Waals surface area contributed by atoms with Gasteiger partial charge in [-0.3, -0.25) is 4.79 Å². The van der Waals surface area contributed by atoms with Crippen molar-refractivity contribution in [3.63, 3.8) is 0 Å². The highest BCUT2D eigenvalue weighted by Crippen LogP contribution is 2.35. The zero-order valence-corrected chi connectivity index (χ0v) is 17.2. The molecule has 6 nitrogen and oxygen atoms in total. The summed E-state index contributed by atoms with van der Waals surface area (Å²) in [6.45, 7) is 7.90. The molecule has 2 aliphatic rings. The molecule has 2 saturated heterocycles. The molecule has 5 rings (SSSR count). The van der Waals surface area contributed by atoms with Crippen molar-refractivity contribution in [3.05, 3.63) is 33.1 Å². The number of thiophene rings is 1. The minimum Gasteiger partial charge on any atom is -0.335 e. The van der Waals surface area contributed by atoms with Crippen LogP contribution in [0.2, 0.25) is 0 Å². The number of fused-ring (bicyclic) bond motifs is 3. The largest absolute Gasteiger partial charge is 0.335 e. The summed E-state index contributed by atoms with van der Waals surface area (Å²) in [6.07, 6.45) is 3.16. The molecule has 2 fully saturated rings. The molecule has 2 unspecified atom stereocenters. The summed E-state index contributed by atoms with van der Waals surface area (Å²) in [6, 6.07) is 4.65. The van der Waals surface area contributed by atoms with Gasteiger partial charge in [0.1, 0.15) is 0 Å². The highest BCUT2D eigenvalue weighted by Gasteiger charge is 2.39. The van der Waals surface area contributed by atoms with Crippen molar-refractivity contribution in [2.45, 2.75) is 52.1 Å². The molecule has 146 valence electrons. The smallest absolute Gasteiger partial charge is 0.259 e. The lowest BCUT2D eigenvalue weighted by Gasteiger charge is -2.28. The van der Waals surface area contributed by atoms with E-state index < -0.39 is 0 Å². The number of aromatic nitrogens is 2. The highest BCUT2D eigenvalue weighted by molar-refractivity contribution is 7.12. The van der Waals surface area contributed by atoms with E-state index in [1.165, 1.54) is 9.75 Å². The number of pyridine rings is 1. The summed E-state index contributed by atoms with van der Waals surface area (Å²) in [5, 5.41) is 8.32. The minimum absolute atomic E-state index is 0.0840. The second-order valence-corrected chi connectivity index (χ2v) is 9.38. The number of nitrogens with zero attached hydrogens (tertiary/aromatic N) is 3. The molecule has 1 amide bonds. The lowest BCUT2D eigenvalue weighted by atomic mass is 10.0. The molecule has 2 atom stereocenters. The summed E-state index contributed by atoms with van der Waals surface area (Å²) in [5.41, 5.74) is 3.68. The van der Waals surface area contributed by atoms with Crippen LogP contribution in [0.15, 0.2) is 16.7 Å². The monoisotopic (exact) mass is 396 g/mol. The van der Waals surface area contributed by atoms with Gasteiger partial charge in [-0.2, -0.15) is 0 Å². The summed E-state index contributed by atoms with van der Waals surface area (Å²) in [4.78, 5) is 23.0. The number of nitrogens with one attached hydrogen (secondary N) is 1.